The molecule has 3 aromatic rings. The van der Waals surface area contributed by atoms with Crippen LogP contribution in [0.2, 0.25) is 0 Å². The minimum absolute atomic E-state index is 0.179. The zero-order valence-electron chi connectivity index (χ0n) is 14.8. The molecule has 0 aliphatic rings. The number of methoxy groups -OCH3 is 1. The first-order valence-electron chi connectivity index (χ1n) is 8.54. The molecule has 2 aromatic carbocycles. The van der Waals surface area contributed by atoms with E-state index in [1.54, 1.807) is 7.11 Å². The van der Waals surface area contributed by atoms with Crippen molar-refractivity contribution in [3.05, 3.63) is 65.4 Å². The van der Waals surface area contributed by atoms with Gasteiger partial charge in [-0.25, -0.2) is 0 Å². The standard InChI is InChI=1S/C21H23NO3/c1-4-15(16-8-6-5-7-9-16)13-22-21(23)20-14(2)18-12-17(24-3)10-11-19(18)25-20/h5-12,15H,4,13H2,1-3H3,(H,22,23). The normalized spacial score (nSPS) is 12.1. The average Bonchev–Trinajstić information content (AvgIpc) is 2.99. The maximum atomic E-state index is 12.6. The zero-order chi connectivity index (χ0) is 17.8. The number of rotatable bonds is 6. The van der Waals surface area contributed by atoms with Gasteiger partial charge in [0.1, 0.15) is 11.3 Å². The maximum Gasteiger partial charge on any atom is 0.287 e. The van der Waals surface area contributed by atoms with Crippen molar-refractivity contribution >= 4 is 16.9 Å². The molecule has 4 nitrogen and oxygen atoms in total. The number of aryl methyl sites for hydroxylation is 1. The van der Waals surface area contributed by atoms with Gasteiger partial charge in [-0.2, -0.15) is 0 Å². The molecule has 130 valence electrons. The highest BCUT2D eigenvalue weighted by Gasteiger charge is 2.19. The van der Waals surface area contributed by atoms with Crippen LogP contribution in [-0.4, -0.2) is 19.6 Å². The van der Waals surface area contributed by atoms with E-state index in [0.29, 0.717) is 17.9 Å². The van der Waals surface area contributed by atoms with E-state index in [0.717, 1.165) is 23.1 Å². The second kappa shape index (κ2) is 7.43. The lowest BCUT2D eigenvalue weighted by molar-refractivity contribution is 0.0924. The third-order valence-electron chi connectivity index (χ3n) is 4.62. The molecule has 3 rings (SSSR count). The van der Waals surface area contributed by atoms with Crippen molar-refractivity contribution in [2.45, 2.75) is 26.2 Å². The van der Waals surface area contributed by atoms with Crippen molar-refractivity contribution in [3.8, 4) is 5.75 Å². The van der Waals surface area contributed by atoms with E-state index < -0.39 is 0 Å². The molecule has 1 unspecified atom stereocenters. The van der Waals surface area contributed by atoms with Crippen molar-refractivity contribution in [1.82, 2.24) is 5.32 Å². The fourth-order valence-corrected chi connectivity index (χ4v) is 3.06. The Morgan fingerprint density at radius 1 is 1.20 bits per heavy atom. The van der Waals surface area contributed by atoms with Gasteiger partial charge in [0.15, 0.2) is 5.76 Å². The summed E-state index contributed by atoms with van der Waals surface area (Å²) in [6.07, 6.45) is 0.959. The summed E-state index contributed by atoms with van der Waals surface area (Å²) in [5.41, 5.74) is 2.76. The van der Waals surface area contributed by atoms with E-state index in [9.17, 15) is 4.79 Å². The minimum Gasteiger partial charge on any atom is -0.497 e. The molecule has 1 heterocycles. The number of furan rings is 1. The van der Waals surface area contributed by atoms with Crippen LogP contribution in [0.4, 0.5) is 0 Å². The molecule has 0 radical (unpaired) electrons. The predicted molar refractivity (Wildman–Crippen MR) is 99.3 cm³/mol. The number of fused-ring (bicyclic) bond motifs is 1. The largest absolute Gasteiger partial charge is 0.497 e. The van der Waals surface area contributed by atoms with Crippen molar-refractivity contribution in [2.75, 3.05) is 13.7 Å². The number of ether oxygens (including phenoxy) is 1. The van der Waals surface area contributed by atoms with E-state index in [-0.39, 0.29) is 11.8 Å². The molecular formula is C21H23NO3. The van der Waals surface area contributed by atoms with Gasteiger partial charge in [-0.1, -0.05) is 37.3 Å². The van der Waals surface area contributed by atoms with Gasteiger partial charge >= 0.3 is 0 Å². The highest BCUT2D eigenvalue weighted by molar-refractivity contribution is 5.99. The van der Waals surface area contributed by atoms with E-state index in [1.807, 2.05) is 43.3 Å². The number of carbonyl (C=O) groups is 1. The summed E-state index contributed by atoms with van der Waals surface area (Å²) in [5, 5.41) is 3.92. The molecule has 0 fully saturated rings. The number of nitrogens with one attached hydrogen (secondary N) is 1. The van der Waals surface area contributed by atoms with Gasteiger partial charge in [0.05, 0.1) is 7.11 Å². The molecule has 1 aromatic heterocycles. The molecule has 1 atom stereocenters. The van der Waals surface area contributed by atoms with Crippen LogP contribution in [0.1, 0.15) is 40.9 Å². The molecule has 0 aliphatic carbocycles. The molecule has 0 saturated heterocycles. The van der Waals surface area contributed by atoms with Crippen molar-refractivity contribution < 1.29 is 13.9 Å². The number of hydrogen-bond donors (Lipinski definition) is 1. The van der Waals surface area contributed by atoms with Gasteiger partial charge in [0.2, 0.25) is 0 Å². The molecule has 0 aliphatic heterocycles. The summed E-state index contributed by atoms with van der Waals surface area (Å²) < 4.78 is 11.0. The lowest BCUT2D eigenvalue weighted by Crippen LogP contribution is -2.28. The molecule has 0 spiro atoms. The lowest BCUT2D eigenvalue weighted by atomic mass is 9.96. The SMILES string of the molecule is CCC(CNC(=O)c1oc2ccc(OC)cc2c1C)c1ccccc1. The number of hydrogen-bond acceptors (Lipinski definition) is 3. The highest BCUT2D eigenvalue weighted by atomic mass is 16.5. The van der Waals surface area contributed by atoms with E-state index >= 15 is 0 Å². The van der Waals surface area contributed by atoms with Crippen LogP contribution in [0, 0.1) is 6.92 Å². The van der Waals surface area contributed by atoms with Crippen LogP contribution in [0.15, 0.2) is 52.9 Å². The molecule has 0 saturated carbocycles. The van der Waals surface area contributed by atoms with E-state index in [1.165, 1.54) is 5.56 Å². The van der Waals surface area contributed by atoms with Crippen LogP contribution in [0.25, 0.3) is 11.0 Å². The topological polar surface area (TPSA) is 51.5 Å². The number of amides is 1. The maximum absolute atomic E-state index is 12.6. The monoisotopic (exact) mass is 337 g/mol. The Labute approximate surface area is 147 Å². The van der Waals surface area contributed by atoms with Crippen LogP contribution in [0.5, 0.6) is 5.75 Å². The van der Waals surface area contributed by atoms with E-state index in [2.05, 4.69) is 24.4 Å². The summed E-state index contributed by atoms with van der Waals surface area (Å²) in [4.78, 5) is 12.6. The Kier molecular flexibility index (Phi) is 5.08. The second-order valence-corrected chi connectivity index (χ2v) is 6.14. The van der Waals surface area contributed by atoms with Crippen molar-refractivity contribution in [3.63, 3.8) is 0 Å². The first kappa shape index (κ1) is 17.1. The summed E-state index contributed by atoms with van der Waals surface area (Å²) in [6, 6.07) is 15.8. The van der Waals surface area contributed by atoms with Gasteiger partial charge in [0, 0.05) is 23.4 Å². The van der Waals surface area contributed by atoms with Gasteiger partial charge in [-0.15, -0.1) is 0 Å². The second-order valence-electron chi connectivity index (χ2n) is 6.14. The molecule has 1 amide bonds. The number of benzene rings is 2. The van der Waals surface area contributed by atoms with Crippen LogP contribution in [-0.2, 0) is 0 Å². The van der Waals surface area contributed by atoms with Crippen LogP contribution in [0.3, 0.4) is 0 Å². The molecule has 0 bridgehead atoms. The van der Waals surface area contributed by atoms with Gasteiger partial charge in [-0.05, 0) is 37.1 Å². The van der Waals surface area contributed by atoms with Gasteiger partial charge in [-0.3, -0.25) is 4.79 Å². The quantitative estimate of drug-likeness (QED) is 0.711. The zero-order valence-corrected chi connectivity index (χ0v) is 14.8. The first-order valence-corrected chi connectivity index (χ1v) is 8.54. The molecule has 25 heavy (non-hydrogen) atoms. The third kappa shape index (κ3) is 3.53. The molecule has 4 heteroatoms. The molecular weight excluding hydrogens is 314 g/mol. The Morgan fingerprint density at radius 3 is 2.64 bits per heavy atom. The van der Waals surface area contributed by atoms with Crippen molar-refractivity contribution in [1.29, 1.82) is 0 Å². The fourth-order valence-electron chi connectivity index (χ4n) is 3.06. The van der Waals surface area contributed by atoms with Gasteiger partial charge in [0.25, 0.3) is 5.91 Å². The Balaban J connectivity index is 1.77. The average molecular weight is 337 g/mol. The Morgan fingerprint density at radius 2 is 1.96 bits per heavy atom. The lowest BCUT2D eigenvalue weighted by Gasteiger charge is -2.15. The Hall–Kier alpha value is -2.75. The van der Waals surface area contributed by atoms with Crippen molar-refractivity contribution in [2.24, 2.45) is 0 Å². The van der Waals surface area contributed by atoms with Crippen LogP contribution < -0.4 is 10.1 Å². The van der Waals surface area contributed by atoms with Gasteiger partial charge < -0.3 is 14.5 Å². The number of carbonyl (C=O) groups excluding carboxylic acids is 1. The van der Waals surface area contributed by atoms with E-state index in [4.69, 9.17) is 9.15 Å². The predicted octanol–water partition coefficient (Wildman–Crippen LogP) is 4.67. The fraction of sp³-hybridized carbons (Fsp3) is 0.286. The Bertz CT molecular complexity index is 867. The summed E-state index contributed by atoms with van der Waals surface area (Å²) in [6.45, 7) is 4.61. The summed E-state index contributed by atoms with van der Waals surface area (Å²) in [7, 11) is 1.62. The summed E-state index contributed by atoms with van der Waals surface area (Å²) in [5.74, 6) is 1.22. The minimum atomic E-state index is -0.179. The van der Waals surface area contributed by atoms with Crippen LogP contribution >= 0.6 is 0 Å². The highest BCUT2D eigenvalue weighted by Crippen LogP contribution is 2.29. The third-order valence-corrected chi connectivity index (χ3v) is 4.62. The molecule has 1 N–H and O–H groups in total. The summed E-state index contributed by atoms with van der Waals surface area (Å²) >= 11 is 0. The first-order chi connectivity index (χ1) is 12.1. The smallest absolute Gasteiger partial charge is 0.287 e.